The fourth-order valence-electron chi connectivity index (χ4n) is 1.51. The number of nitrogens with one attached hydrogen (secondary N) is 1. The highest BCUT2D eigenvalue weighted by Gasteiger charge is 2.13. The first-order valence-corrected chi connectivity index (χ1v) is 5.52. The van der Waals surface area contributed by atoms with Crippen molar-refractivity contribution in [1.29, 1.82) is 0 Å². The number of esters is 1. The summed E-state index contributed by atoms with van der Waals surface area (Å²) in [5.74, 6) is -0.334. The van der Waals surface area contributed by atoms with Crippen molar-refractivity contribution < 1.29 is 9.53 Å². The van der Waals surface area contributed by atoms with Gasteiger partial charge in [-0.1, -0.05) is 28.1 Å². The van der Waals surface area contributed by atoms with Gasteiger partial charge in [0.05, 0.1) is 12.7 Å². The van der Waals surface area contributed by atoms with E-state index in [0.717, 1.165) is 15.6 Å². The Kier molecular flexibility index (Phi) is 3.10. The summed E-state index contributed by atoms with van der Waals surface area (Å²) in [4.78, 5) is 14.4. The molecule has 0 bridgehead atoms. The van der Waals surface area contributed by atoms with Crippen LogP contribution in [0.5, 0.6) is 0 Å². The SMILES string of the molecule is COC(=O)c1c[nH]cc1-c1ccc(Br)cc1. The van der Waals surface area contributed by atoms with Gasteiger partial charge in [0.1, 0.15) is 0 Å². The lowest BCUT2D eigenvalue weighted by Crippen LogP contribution is -2.00. The molecule has 0 radical (unpaired) electrons. The summed E-state index contributed by atoms with van der Waals surface area (Å²) in [6.45, 7) is 0. The largest absolute Gasteiger partial charge is 0.465 e. The van der Waals surface area contributed by atoms with Crippen LogP contribution in [0.1, 0.15) is 10.4 Å². The third-order valence-corrected chi connectivity index (χ3v) is 2.83. The topological polar surface area (TPSA) is 42.1 Å². The van der Waals surface area contributed by atoms with Crippen LogP contribution in [0.25, 0.3) is 11.1 Å². The lowest BCUT2D eigenvalue weighted by Gasteiger charge is -2.02. The average Bonchev–Trinajstić information content (AvgIpc) is 2.78. The van der Waals surface area contributed by atoms with Crippen LogP contribution in [0, 0.1) is 0 Å². The molecule has 1 aromatic heterocycles. The van der Waals surface area contributed by atoms with Crippen LogP contribution in [0.15, 0.2) is 41.1 Å². The molecule has 0 saturated heterocycles. The first kappa shape index (κ1) is 11.0. The Morgan fingerprint density at radius 2 is 1.94 bits per heavy atom. The molecular formula is C12H10BrNO2. The van der Waals surface area contributed by atoms with E-state index in [1.165, 1.54) is 7.11 Å². The highest BCUT2D eigenvalue weighted by Crippen LogP contribution is 2.25. The third kappa shape index (κ3) is 2.02. The summed E-state index contributed by atoms with van der Waals surface area (Å²) < 4.78 is 5.72. The maximum Gasteiger partial charge on any atom is 0.340 e. The molecule has 4 heteroatoms. The Hall–Kier alpha value is -1.55. The molecular weight excluding hydrogens is 270 g/mol. The molecule has 0 aliphatic rings. The number of H-pyrrole nitrogens is 1. The second-order valence-corrected chi connectivity index (χ2v) is 4.20. The maximum absolute atomic E-state index is 11.5. The number of halogens is 1. The van der Waals surface area contributed by atoms with Crippen LogP contribution in [0.2, 0.25) is 0 Å². The Bertz CT molecular complexity index is 502. The normalized spacial score (nSPS) is 10.1. The quantitative estimate of drug-likeness (QED) is 0.858. The second-order valence-electron chi connectivity index (χ2n) is 3.28. The molecule has 0 atom stereocenters. The number of rotatable bonds is 2. The van der Waals surface area contributed by atoms with Crippen LogP contribution in [-0.4, -0.2) is 18.1 Å². The number of aromatic amines is 1. The Morgan fingerprint density at radius 1 is 1.25 bits per heavy atom. The number of benzene rings is 1. The van der Waals surface area contributed by atoms with Crippen LogP contribution >= 0.6 is 15.9 Å². The number of aromatic nitrogens is 1. The first-order valence-electron chi connectivity index (χ1n) is 4.73. The number of methoxy groups -OCH3 is 1. The molecule has 0 aliphatic heterocycles. The molecule has 82 valence electrons. The average molecular weight is 280 g/mol. The standard InChI is InChI=1S/C12H10BrNO2/c1-16-12(15)11-7-14-6-10(11)8-2-4-9(13)5-3-8/h2-7,14H,1H3. The van der Waals surface area contributed by atoms with Crippen LogP contribution in [0.4, 0.5) is 0 Å². The van der Waals surface area contributed by atoms with Gasteiger partial charge in [0, 0.05) is 22.4 Å². The van der Waals surface area contributed by atoms with E-state index < -0.39 is 0 Å². The number of carbonyl (C=O) groups excluding carboxylic acids is 1. The molecule has 0 spiro atoms. The molecule has 0 saturated carbocycles. The van der Waals surface area contributed by atoms with Crippen molar-refractivity contribution in [2.75, 3.05) is 7.11 Å². The van der Waals surface area contributed by atoms with Gasteiger partial charge in [0.25, 0.3) is 0 Å². The smallest absolute Gasteiger partial charge is 0.340 e. The Labute approximate surface area is 102 Å². The highest BCUT2D eigenvalue weighted by atomic mass is 79.9. The van der Waals surface area contributed by atoms with Gasteiger partial charge < -0.3 is 9.72 Å². The van der Waals surface area contributed by atoms with Gasteiger partial charge in [-0.3, -0.25) is 0 Å². The predicted molar refractivity (Wildman–Crippen MR) is 65.3 cm³/mol. The van der Waals surface area contributed by atoms with Crippen molar-refractivity contribution in [2.45, 2.75) is 0 Å². The van der Waals surface area contributed by atoms with Crippen molar-refractivity contribution in [3.05, 3.63) is 46.7 Å². The van der Waals surface area contributed by atoms with E-state index in [1.807, 2.05) is 24.3 Å². The van der Waals surface area contributed by atoms with E-state index in [1.54, 1.807) is 12.4 Å². The summed E-state index contributed by atoms with van der Waals surface area (Å²) in [5.41, 5.74) is 2.37. The molecule has 3 nitrogen and oxygen atoms in total. The lowest BCUT2D eigenvalue weighted by molar-refractivity contribution is 0.0602. The minimum atomic E-state index is -0.334. The summed E-state index contributed by atoms with van der Waals surface area (Å²) in [5, 5.41) is 0. The van der Waals surface area contributed by atoms with Crippen molar-refractivity contribution in [3.63, 3.8) is 0 Å². The number of ether oxygens (including phenoxy) is 1. The Balaban J connectivity index is 2.44. The predicted octanol–water partition coefficient (Wildman–Crippen LogP) is 3.23. The van der Waals surface area contributed by atoms with E-state index in [0.29, 0.717) is 5.56 Å². The van der Waals surface area contributed by atoms with Crippen LogP contribution < -0.4 is 0 Å². The molecule has 0 fully saturated rings. The summed E-state index contributed by atoms with van der Waals surface area (Å²) in [7, 11) is 1.38. The van der Waals surface area contributed by atoms with E-state index >= 15 is 0 Å². The van der Waals surface area contributed by atoms with Crippen molar-refractivity contribution in [1.82, 2.24) is 4.98 Å². The second kappa shape index (κ2) is 4.53. The number of hydrogen-bond donors (Lipinski definition) is 1. The zero-order chi connectivity index (χ0) is 11.5. The minimum Gasteiger partial charge on any atom is -0.465 e. The van der Waals surface area contributed by atoms with Gasteiger partial charge in [-0.15, -0.1) is 0 Å². The Morgan fingerprint density at radius 3 is 2.56 bits per heavy atom. The molecule has 0 amide bonds. The zero-order valence-electron chi connectivity index (χ0n) is 8.66. The van der Waals surface area contributed by atoms with Gasteiger partial charge in [-0.2, -0.15) is 0 Å². The molecule has 2 rings (SSSR count). The fourth-order valence-corrected chi connectivity index (χ4v) is 1.78. The zero-order valence-corrected chi connectivity index (χ0v) is 10.2. The third-order valence-electron chi connectivity index (χ3n) is 2.31. The lowest BCUT2D eigenvalue weighted by atomic mass is 10.1. The van der Waals surface area contributed by atoms with Gasteiger partial charge in [0.15, 0.2) is 0 Å². The molecule has 2 aromatic rings. The summed E-state index contributed by atoms with van der Waals surface area (Å²) >= 11 is 3.37. The summed E-state index contributed by atoms with van der Waals surface area (Å²) in [6.07, 6.45) is 3.43. The van der Waals surface area contributed by atoms with Gasteiger partial charge in [-0.25, -0.2) is 4.79 Å². The molecule has 0 unspecified atom stereocenters. The van der Waals surface area contributed by atoms with Crippen LogP contribution in [0.3, 0.4) is 0 Å². The first-order chi connectivity index (χ1) is 7.72. The molecule has 1 aromatic carbocycles. The van der Waals surface area contributed by atoms with E-state index in [-0.39, 0.29) is 5.97 Å². The molecule has 0 aliphatic carbocycles. The molecule has 1 N–H and O–H groups in total. The minimum absolute atomic E-state index is 0.334. The number of hydrogen-bond acceptors (Lipinski definition) is 2. The van der Waals surface area contributed by atoms with Crippen molar-refractivity contribution >= 4 is 21.9 Å². The van der Waals surface area contributed by atoms with E-state index in [9.17, 15) is 4.79 Å². The highest BCUT2D eigenvalue weighted by molar-refractivity contribution is 9.10. The maximum atomic E-state index is 11.5. The fraction of sp³-hybridized carbons (Fsp3) is 0.0833. The monoisotopic (exact) mass is 279 g/mol. The molecule has 1 heterocycles. The number of carbonyl (C=O) groups is 1. The van der Waals surface area contributed by atoms with Crippen LogP contribution in [-0.2, 0) is 4.74 Å². The van der Waals surface area contributed by atoms with Gasteiger partial charge >= 0.3 is 5.97 Å². The summed E-state index contributed by atoms with van der Waals surface area (Å²) in [6, 6.07) is 7.76. The van der Waals surface area contributed by atoms with Gasteiger partial charge in [0.2, 0.25) is 0 Å². The van der Waals surface area contributed by atoms with Crippen molar-refractivity contribution in [2.24, 2.45) is 0 Å². The van der Waals surface area contributed by atoms with Gasteiger partial charge in [-0.05, 0) is 17.7 Å². The van der Waals surface area contributed by atoms with E-state index in [4.69, 9.17) is 4.74 Å². The van der Waals surface area contributed by atoms with Crippen molar-refractivity contribution in [3.8, 4) is 11.1 Å². The van der Waals surface area contributed by atoms with E-state index in [2.05, 4.69) is 20.9 Å². The molecule has 16 heavy (non-hydrogen) atoms.